The van der Waals surface area contributed by atoms with Crippen LogP contribution in [-0.4, -0.2) is 26.3 Å². The molecule has 0 amide bonds. The average Bonchev–Trinajstić information content (AvgIpc) is 3.11. The molecule has 2 heterocycles. The number of hydrogen-bond donors (Lipinski definition) is 1. The molecule has 126 valence electrons. The standard InChI is InChI=1S/C19H20FNO3/c20-15-3-1-13(2-4-15)17-7-8-21-10-14(17)11-22-16-5-6-18-19(9-16)24-12-23-18/h1-6,9,14,17,21H,7-8,10-12H2/t14-,17?/m1/s1/i1D,2D,3D,4D,7D2,8D2,10D2,11D2,12D2,14D,17D. The number of ether oxygens (including phenoxy) is 3. The average molecular weight is 345 g/mol. The minimum atomic E-state index is -4.02. The third-order valence-electron chi connectivity index (χ3n) is 3.02. The molecule has 1 N–H and O–H groups in total. The van der Waals surface area contributed by atoms with E-state index in [1.54, 1.807) is 5.32 Å². The molecule has 5 heteroatoms. The zero-order valence-corrected chi connectivity index (χ0v) is 11.8. The highest BCUT2D eigenvalue weighted by atomic mass is 19.1. The van der Waals surface area contributed by atoms with Gasteiger partial charge in [0, 0.05) is 29.4 Å². The smallest absolute Gasteiger partial charge is 0.231 e. The number of fused-ring (bicyclic) bond motifs is 1. The van der Waals surface area contributed by atoms with Gasteiger partial charge in [0.05, 0.1) is 14.8 Å². The first-order valence-electron chi connectivity index (χ1n) is 14.7. The molecule has 1 saturated heterocycles. The van der Waals surface area contributed by atoms with Gasteiger partial charge in [-0.3, -0.25) is 0 Å². The van der Waals surface area contributed by atoms with Crippen LogP contribution in [0.5, 0.6) is 17.2 Å². The lowest BCUT2D eigenvalue weighted by molar-refractivity contribution is 0.173. The lowest BCUT2D eigenvalue weighted by Gasteiger charge is -2.32. The summed E-state index contributed by atoms with van der Waals surface area (Å²) in [5.74, 6) is -10.8. The molecule has 4 nitrogen and oxygen atoms in total. The van der Waals surface area contributed by atoms with Crippen molar-refractivity contribution in [3.63, 3.8) is 0 Å². The highest BCUT2D eigenvalue weighted by Gasteiger charge is 2.27. The zero-order valence-electron chi connectivity index (χ0n) is 27.8. The van der Waals surface area contributed by atoms with E-state index in [4.69, 9.17) is 36.1 Å². The summed E-state index contributed by atoms with van der Waals surface area (Å²) in [6.45, 7) is -13.8. The van der Waals surface area contributed by atoms with E-state index < -0.39 is 85.8 Å². The van der Waals surface area contributed by atoms with Gasteiger partial charge in [0.1, 0.15) is 14.3 Å². The van der Waals surface area contributed by atoms with E-state index >= 15 is 0 Å². The maximum Gasteiger partial charge on any atom is 0.231 e. The Kier molecular flexibility index (Phi) is 1.57. The van der Waals surface area contributed by atoms with Crippen LogP contribution in [0.2, 0.25) is 0 Å². The number of benzene rings is 2. The summed E-state index contributed by atoms with van der Waals surface area (Å²) in [6.07, 6.45) is -3.91. The van der Waals surface area contributed by atoms with Gasteiger partial charge in [0.2, 0.25) is 6.75 Å². The maximum absolute atomic E-state index is 14.4. The minimum absolute atomic E-state index is 0.137. The van der Waals surface area contributed by atoms with Gasteiger partial charge in [0.15, 0.2) is 11.5 Å². The molecule has 24 heavy (non-hydrogen) atoms. The van der Waals surface area contributed by atoms with Crippen LogP contribution in [0.4, 0.5) is 4.39 Å². The molecule has 2 aliphatic rings. The van der Waals surface area contributed by atoms with Crippen LogP contribution in [0.3, 0.4) is 0 Å². The molecule has 1 unspecified atom stereocenters. The van der Waals surface area contributed by atoms with E-state index in [-0.39, 0.29) is 11.5 Å². The topological polar surface area (TPSA) is 39.7 Å². The Hall–Kier alpha value is -2.27. The van der Waals surface area contributed by atoms with Gasteiger partial charge in [-0.05, 0) is 48.5 Å². The first kappa shape index (κ1) is 5.63. The van der Waals surface area contributed by atoms with Crippen molar-refractivity contribution >= 4 is 0 Å². The third kappa shape index (κ3) is 3.17. The third-order valence-corrected chi connectivity index (χ3v) is 3.02. The maximum atomic E-state index is 14.4. The molecular formula is C19H20FNO3. The summed E-state index contributed by atoms with van der Waals surface area (Å²) in [4.78, 5) is 0. The minimum Gasteiger partial charge on any atom is -0.493 e. The number of rotatable bonds is 4. The number of halogens is 1. The molecule has 2 aromatic rings. The van der Waals surface area contributed by atoms with Crippen molar-refractivity contribution in [3.05, 3.63) is 53.7 Å². The van der Waals surface area contributed by atoms with Crippen LogP contribution in [0, 0.1) is 11.7 Å². The molecule has 0 bridgehead atoms. The largest absolute Gasteiger partial charge is 0.493 e. The molecular weight excluding hydrogens is 309 g/mol. The van der Waals surface area contributed by atoms with E-state index in [2.05, 4.69) is 0 Å². The predicted molar refractivity (Wildman–Crippen MR) is 88.2 cm³/mol. The number of piperidine rings is 1. The summed E-state index contributed by atoms with van der Waals surface area (Å²) in [6, 6.07) is -2.83. The van der Waals surface area contributed by atoms with Crippen LogP contribution >= 0.6 is 0 Å². The SMILES string of the molecule is [2H]c1c([2H])c(C2([2H])C([2H])([2H])C([2H])([2H])NC([2H])([2H])[C@]2([2H])C([2H])([2H])Oc2ccc3c(c2)OC([2H])([2H])O3)c([2H])c([2H])c1F. The monoisotopic (exact) mass is 345 g/mol. The van der Waals surface area contributed by atoms with Crippen LogP contribution < -0.4 is 19.5 Å². The summed E-state index contributed by atoms with van der Waals surface area (Å²) >= 11 is 0. The van der Waals surface area contributed by atoms with Crippen LogP contribution in [0.15, 0.2) is 42.4 Å². The normalized spacial score (nSPS) is 47.2. The van der Waals surface area contributed by atoms with Crippen molar-refractivity contribution in [2.24, 2.45) is 5.89 Å². The Morgan fingerprint density at radius 2 is 2.17 bits per heavy atom. The predicted octanol–water partition coefficient (Wildman–Crippen LogP) is 3.33. The fraction of sp³-hybridized carbons (Fsp3) is 0.368. The van der Waals surface area contributed by atoms with Crippen molar-refractivity contribution < 1.29 is 40.5 Å². The van der Waals surface area contributed by atoms with Crippen molar-refractivity contribution in [2.45, 2.75) is 12.3 Å². The molecule has 2 aromatic carbocycles. The first-order chi connectivity index (χ1) is 17.9. The van der Waals surface area contributed by atoms with E-state index in [1.807, 2.05) is 0 Å². The van der Waals surface area contributed by atoms with E-state index in [1.165, 1.54) is 0 Å². The van der Waals surface area contributed by atoms with E-state index in [0.29, 0.717) is 0 Å². The lowest BCUT2D eigenvalue weighted by atomic mass is 9.81. The number of nitrogens with one attached hydrogen (secondary N) is 1. The van der Waals surface area contributed by atoms with Crippen molar-refractivity contribution in [2.75, 3.05) is 26.3 Å². The Morgan fingerprint density at radius 3 is 3.04 bits per heavy atom. The highest BCUT2D eigenvalue weighted by Crippen LogP contribution is 2.36. The molecule has 0 spiro atoms. The summed E-state index contributed by atoms with van der Waals surface area (Å²) in [7, 11) is 0. The van der Waals surface area contributed by atoms with E-state index in [0.717, 1.165) is 18.2 Å². The quantitative estimate of drug-likeness (QED) is 0.923. The second-order valence-electron chi connectivity index (χ2n) is 4.54. The fourth-order valence-electron chi connectivity index (χ4n) is 1.94. The van der Waals surface area contributed by atoms with Gasteiger partial charge in [0.25, 0.3) is 0 Å². The Morgan fingerprint density at radius 1 is 1.33 bits per heavy atom. The highest BCUT2D eigenvalue weighted by molar-refractivity contribution is 5.46. The van der Waals surface area contributed by atoms with Gasteiger partial charge < -0.3 is 19.5 Å². The van der Waals surface area contributed by atoms with Crippen LogP contribution in [-0.2, 0) is 0 Å². The fourth-order valence-corrected chi connectivity index (χ4v) is 1.94. The molecule has 0 saturated carbocycles. The Bertz CT molecular complexity index is 1370. The molecule has 0 aromatic heterocycles. The Labute approximate surface area is 163 Å². The van der Waals surface area contributed by atoms with Gasteiger partial charge in [-0.2, -0.15) is 0 Å². The Balaban J connectivity index is 2.02. The van der Waals surface area contributed by atoms with Crippen molar-refractivity contribution in [1.82, 2.24) is 5.32 Å². The molecule has 4 rings (SSSR count). The van der Waals surface area contributed by atoms with Gasteiger partial charge in [-0.1, -0.05) is 12.1 Å². The van der Waals surface area contributed by atoms with Crippen LogP contribution in [0.1, 0.15) is 39.8 Å². The number of hydrogen-bond acceptors (Lipinski definition) is 4. The summed E-state index contributed by atoms with van der Waals surface area (Å²) in [5, 5.41) is 1.54. The first-order valence-corrected chi connectivity index (χ1v) is 6.65. The lowest BCUT2D eigenvalue weighted by Crippen LogP contribution is -2.38. The van der Waals surface area contributed by atoms with Crippen molar-refractivity contribution in [3.8, 4) is 17.2 Å². The summed E-state index contributed by atoms with van der Waals surface area (Å²) in [5.41, 5.74) is -1.48. The second kappa shape index (κ2) is 6.69. The molecule has 1 fully saturated rings. The zero-order chi connectivity index (χ0) is 30.6. The summed E-state index contributed by atoms with van der Waals surface area (Å²) < 4.78 is 162. The molecule has 0 radical (unpaired) electrons. The molecule has 2 aliphatic heterocycles. The van der Waals surface area contributed by atoms with Gasteiger partial charge in [-0.25, -0.2) is 4.39 Å². The van der Waals surface area contributed by atoms with E-state index in [9.17, 15) is 4.39 Å². The van der Waals surface area contributed by atoms with Gasteiger partial charge >= 0.3 is 0 Å². The second-order valence-corrected chi connectivity index (χ2v) is 4.54. The van der Waals surface area contributed by atoms with Crippen molar-refractivity contribution in [1.29, 1.82) is 0 Å². The van der Waals surface area contributed by atoms with Crippen LogP contribution in [0.25, 0.3) is 0 Å². The molecule has 2 atom stereocenters. The molecule has 0 aliphatic carbocycles. The van der Waals surface area contributed by atoms with Gasteiger partial charge in [-0.15, -0.1) is 0 Å².